The second-order valence-corrected chi connectivity index (χ2v) is 8.87. The number of benzene rings is 1. The fourth-order valence-corrected chi connectivity index (χ4v) is 4.21. The lowest BCUT2D eigenvalue weighted by atomic mass is 10.2. The topological polar surface area (TPSA) is 72.2 Å². The van der Waals surface area contributed by atoms with E-state index in [-0.39, 0.29) is 17.5 Å². The molecule has 1 unspecified atom stereocenters. The molecule has 1 aromatic rings. The van der Waals surface area contributed by atoms with Crippen molar-refractivity contribution in [3.05, 3.63) is 28.7 Å². The highest BCUT2D eigenvalue weighted by atomic mass is 79.9. The number of hydrogen-bond acceptors (Lipinski definition) is 5. The number of halogens is 1. The first kappa shape index (κ1) is 18.0. The lowest BCUT2D eigenvalue weighted by Crippen LogP contribution is -2.37. The number of sulfone groups is 1. The molecule has 0 saturated heterocycles. The molecule has 0 aliphatic carbocycles. The smallest absolute Gasteiger partial charge is 0.150 e. The Bertz CT molecular complexity index is 509. The van der Waals surface area contributed by atoms with Crippen LogP contribution in [0.2, 0.25) is 0 Å². The van der Waals surface area contributed by atoms with E-state index in [1.54, 1.807) is 18.7 Å². The fraction of sp³-hybridized carbons (Fsp3) is 0.538. The van der Waals surface area contributed by atoms with Crippen molar-refractivity contribution in [1.29, 1.82) is 0 Å². The van der Waals surface area contributed by atoms with Gasteiger partial charge in [-0.25, -0.2) is 8.42 Å². The summed E-state index contributed by atoms with van der Waals surface area (Å²) in [7, 11) is -2.88. The number of rotatable bonds is 9. The van der Waals surface area contributed by atoms with Crippen molar-refractivity contribution in [1.82, 2.24) is 5.43 Å². The van der Waals surface area contributed by atoms with Crippen LogP contribution in [0.1, 0.15) is 19.8 Å². The minimum Gasteiger partial charge on any atom is -0.271 e. The minimum absolute atomic E-state index is 0.110. The van der Waals surface area contributed by atoms with E-state index < -0.39 is 9.84 Å². The van der Waals surface area contributed by atoms with Crippen LogP contribution in [0.25, 0.3) is 0 Å². The van der Waals surface area contributed by atoms with Crippen molar-refractivity contribution in [2.24, 2.45) is 5.84 Å². The van der Waals surface area contributed by atoms with Crippen LogP contribution in [0.4, 0.5) is 0 Å². The van der Waals surface area contributed by atoms with Crippen LogP contribution >= 0.6 is 27.7 Å². The predicted molar refractivity (Wildman–Crippen MR) is 89.5 cm³/mol. The van der Waals surface area contributed by atoms with Crippen LogP contribution in [-0.4, -0.2) is 31.7 Å². The van der Waals surface area contributed by atoms with E-state index in [1.165, 1.54) is 0 Å². The van der Waals surface area contributed by atoms with Crippen molar-refractivity contribution in [2.75, 3.05) is 17.3 Å². The SMILES string of the molecule is CCS(=O)(=O)CCCC(CSc1ccccc1Br)NN. The second kappa shape index (κ2) is 9.04. The third-order valence-corrected chi connectivity index (χ3v) is 6.94. The molecule has 0 amide bonds. The molecule has 0 fully saturated rings. The molecule has 3 N–H and O–H groups in total. The Kier molecular flexibility index (Phi) is 8.13. The van der Waals surface area contributed by atoms with Crippen molar-refractivity contribution >= 4 is 37.5 Å². The normalized spacial score (nSPS) is 13.3. The Morgan fingerprint density at radius 3 is 2.70 bits per heavy atom. The van der Waals surface area contributed by atoms with E-state index in [0.29, 0.717) is 6.42 Å². The molecule has 0 heterocycles. The Labute approximate surface area is 133 Å². The van der Waals surface area contributed by atoms with Crippen LogP contribution < -0.4 is 11.3 Å². The van der Waals surface area contributed by atoms with Gasteiger partial charge in [-0.15, -0.1) is 11.8 Å². The summed E-state index contributed by atoms with van der Waals surface area (Å²) in [5.74, 6) is 6.79. The van der Waals surface area contributed by atoms with Gasteiger partial charge in [0.25, 0.3) is 0 Å². The van der Waals surface area contributed by atoms with Crippen molar-refractivity contribution < 1.29 is 8.42 Å². The summed E-state index contributed by atoms with van der Waals surface area (Å²) in [6.07, 6.45) is 1.40. The van der Waals surface area contributed by atoms with Gasteiger partial charge >= 0.3 is 0 Å². The van der Waals surface area contributed by atoms with Gasteiger partial charge in [-0.1, -0.05) is 19.1 Å². The minimum atomic E-state index is -2.88. The molecule has 0 aromatic heterocycles. The number of hydrazine groups is 1. The van der Waals surface area contributed by atoms with E-state index in [2.05, 4.69) is 21.4 Å². The molecule has 0 bridgehead atoms. The second-order valence-electron chi connectivity index (χ2n) is 4.48. The largest absolute Gasteiger partial charge is 0.271 e. The molecule has 0 spiro atoms. The molecule has 0 aliphatic heterocycles. The molecule has 7 heteroatoms. The highest BCUT2D eigenvalue weighted by Gasteiger charge is 2.12. The third kappa shape index (κ3) is 6.58. The summed E-state index contributed by atoms with van der Waals surface area (Å²) < 4.78 is 23.9. The van der Waals surface area contributed by atoms with Gasteiger partial charge in [-0.05, 0) is 40.9 Å². The van der Waals surface area contributed by atoms with E-state index in [4.69, 9.17) is 5.84 Å². The zero-order valence-corrected chi connectivity index (χ0v) is 14.7. The summed E-state index contributed by atoms with van der Waals surface area (Å²) in [5.41, 5.74) is 2.77. The molecule has 1 atom stereocenters. The van der Waals surface area contributed by atoms with Crippen LogP contribution in [0.3, 0.4) is 0 Å². The van der Waals surface area contributed by atoms with E-state index >= 15 is 0 Å². The molecular formula is C13H21BrN2O2S2. The molecule has 0 saturated carbocycles. The number of nitrogens with two attached hydrogens (primary N) is 1. The molecule has 0 radical (unpaired) electrons. The zero-order valence-electron chi connectivity index (χ0n) is 11.5. The standard InChI is InChI=1S/C13H21BrN2O2S2/c1-2-20(17,18)9-5-6-11(16-15)10-19-13-8-4-3-7-12(13)14/h3-4,7-8,11,16H,2,5-6,9-10,15H2,1H3. The van der Waals surface area contributed by atoms with Gasteiger partial charge in [-0.2, -0.15) is 0 Å². The summed E-state index contributed by atoms with van der Waals surface area (Å²) in [5, 5.41) is 0. The third-order valence-electron chi connectivity index (χ3n) is 2.96. The highest BCUT2D eigenvalue weighted by molar-refractivity contribution is 9.10. The van der Waals surface area contributed by atoms with Crippen LogP contribution in [0.15, 0.2) is 33.6 Å². The van der Waals surface area contributed by atoms with Crippen molar-refractivity contribution in [2.45, 2.75) is 30.7 Å². The average Bonchev–Trinajstić information content (AvgIpc) is 2.44. The summed E-state index contributed by atoms with van der Waals surface area (Å²) in [4.78, 5) is 1.16. The lowest BCUT2D eigenvalue weighted by Gasteiger charge is -2.15. The molecule has 1 aromatic carbocycles. The van der Waals surface area contributed by atoms with Crippen molar-refractivity contribution in [3.8, 4) is 0 Å². The summed E-state index contributed by atoms with van der Waals surface area (Å²) >= 11 is 5.21. The number of thioether (sulfide) groups is 1. The Hall–Kier alpha value is -0.0800. The van der Waals surface area contributed by atoms with E-state index in [1.807, 2.05) is 24.3 Å². The highest BCUT2D eigenvalue weighted by Crippen LogP contribution is 2.27. The van der Waals surface area contributed by atoms with E-state index in [0.717, 1.165) is 21.5 Å². The van der Waals surface area contributed by atoms with Crippen LogP contribution in [-0.2, 0) is 9.84 Å². The molecule has 114 valence electrons. The number of nitrogens with one attached hydrogen (secondary N) is 1. The molecule has 1 rings (SSSR count). The van der Waals surface area contributed by atoms with Gasteiger partial charge in [0.15, 0.2) is 0 Å². The molecular weight excluding hydrogens is 360 g/mol. The summed E-state index contributed by atoms with van der Waals surface area (Å²) in [6.45, 7) is 1.68. The van der Waals surface area contributed by atoms with E-state index in [9.17, 15) is 8.42 Å². The maximum Gasteiger partial charge on any atom is 0.150 e. The first-order valence-electron chi connectivity index (χ1n) is 6.52. The van der Waals surface area contributed by atoms with Gasteiger partial charge in [-0.3, -0.25) is 11.3 Å². The van der Waals surface area contributed by atoms with Gasteiger partial charge in [0, 0.05) is 26.9 Å². The first-order chi connectivity index (χ1) is 9.48. The van der Waals surface area contributed by atoms with Gasteiger partial charge in [0.1, 0.15) is 9.84 Å². The van der Waals surface area contributed by atoms with Crippen LogP contribution in [0, 0.1) is 0 Å². The first-order valence-corrected chi connectivity index (χ1v) is 10.1. The van der Waals surface area contributed by atoms with Crippen molar-refractivity contribution in [3.63, 3.8) is 0 Å². The van der Waals surface area contributed by atoms with Crippen LogP contribution in [0.5, 0.6) is 0 Å². The molecule has 20 heavy (non-hydrogen) atoms. The average molecular weight is 381 g/mol. The zero-order chi connectivity index (χ0) is 15.0. The predicted octanol–water partition coefficient (Wildman–Crippen LogP) is 2.59. The fourth-order valence-electron chi connectivity index (χ4n) is 1.66. The summed E-state index contributed by atoms with van der Waals surface area (Å²) in [6, 6.07) is 8.12. The molecule has 4 nitrogen and oxygen atoms in total. The van der Waals surface area contributed by atoms with Gasteiger partial charge in [0.2, 0.25) is 0 Å². The van der Waals surface area contributed by atoms with Gasteiger partial charge < -0.3 is 0 Å². The van der Waals surface area contributed by atoms with Gasteiger partial charge in [0.05, 0.1) is 5.75 Å². The number of hydrogen-bond donors (Lipinski definition) is 2. The Morgan fingerprint density at radius 2 is 2.10 bits per heavy atom. The maximum atomic E-state index is 11.4. The quantitative estimate of drug-likeness (QED) is 0.391. The Morgan fingerprint density at radius 1 is 1.40 bits per heavy atom. The lowest BCUT2D eigenvalue weighted by molar-refractivity contribution is 0.528. The Balaban J connectivity index is 2.39. The maximum absolute atomic E-state index is 11.4. The monoisotopic (exact) mass is 380 g/mol. The molecule has 0 aliphatic rings.